The van der Waals surface area contributed by atoms with Gasteiger partial charge in [-0.25, -0.2) is 4.39 Å². The van der Waals surface area contributed by atoms with Crippen molar-refractivity contribution in [3.63, 3.8) is 0 Å². The summed E-state index contributed by atoms with van der Waals surface area (Å²) in [6.07, 6.45) is 0. The fourth-order valence-electron chi connectivity index (χ4n) is 2.04. The van der Waals surface area contributed by atoms with Crippen LogP contribution in [-0.2, 0) is 17.9 Å². The van der Waals surface area contributed by atoms with Gasteiger partial charge in [0.2, 0.25) is 11.7 Å². The van der Waals surface area contributed by atoms with Crippen molar-refractivity contribution in [1.82, 2.24) is 25.5 Å². The van der Waals surface area contributed by atoms with Gasteiger partial charge in [-0.05, 0) is 35.5 Å². The number of amides is 1. The van der Waals surface area contributed by atoms with Crippen molar-refractivity contribution in [2.75, 3.05) is 0 Å². The minimum absolute atomic E-state index is 0.0853. The van der Waals surface area contributed by atoms with Gasteiger partial charge >= 0.3 is 0 Å². The SMILES string of the molecule is O=C(Cn1nnc(-c2ccc(Br)cc2)n1)NCc1ccccc1F. The van der Waals surface area contributed by atoms with Crippen LogP contribution < -0.4 is 5.32 Å². The summed E-state index contributed by atoms with van der Waals surface area (Å²) in [5.41, 5.74) is 1.23. The first-order chi connectivity index (χ1) is 11.6. The second-order valence-corrected chi connectivity index (χ2v) is 5.93. The number of nitrogens with one attached hydrogen (secondary N) is 1. The predicted octanol–water partition coefficient (Wildman–Crippen LogP) is 2.56. The van der Waals surface area contributed by atoms with E-state index >= 15 is 0 Å². The van der Waals surface area contributed by atoms with Gasteiger partial charge < -0.3 is 5.32 Å². The number of nitrogens with zero attached hydrogens (tertiary/aromatic N) is 4. The zero-order valence-corrected chi connectivity index (χ0v) is 14.1. The minimum atomic E-state index is -0.353. The van der Waals surface area contributed by atoms with Crippen molar-refractivity contribution in [3.8, 4) is 11.4 Å². The molecule has 0 aliphatic carbocycles. The molecular formula is C16H13BrFN5O. The molecule has 0 radical (unpaired) electrons. The average molecular weight is 390 g/mol. The summed E-state index contributed by atoms with van der Waals surface area (Å²) in [4.78, 5) is 13.1. The van der Waals surface area contributed by atoms with E-state index in [-0.39, 0.29) is 24.8 Å². The fraction of sp³-hybridized carbons (Fsp3) is 0.125. The number of carbonyl (C=O) groups excluding carboxylic acids is 1. The van der Waals surface area contributed by atoms with Crippen molar-refractivity contribution in [1.29, 1.82) is 0 Å². The average Bonchev–Trinajstić information content (AvgIpc) is 3.03. The molecule has 3 aromatic rings. The largest absolute Gasteiger partial charge is 0.350 e. The van der Waals surface area contributed by atoms with Gasteiger partial charge in [0.15, 0.2) is 0 Å². The number of halogens is 2. The molecule has 1 aromatic heterocycles. The molecule has 0 bridgehead atoms. The molecule has 1 heterocycles. The third-order valence-electron chi connectivity index (χ3n) is 3.27. The fourth-order valence-corrected chi connectivity index (χ4v) is 2.31. The van der Waals surface area contributed by atoms with Gasteiger partial charge in [0.1, 0.15) is 12.4 Å². The van der Waals surface area contributed by atoms with Crippen LogP contribution in [0, 0.1) is 5.82 Å². The van der Waals surface area contributed by atoms with E-state index in [1.807, 2.05) is 24.3 Å². The predicted molar refractivity (Wildman–Crippen MR) is 89.2 cm³/mol. The lowest BCUT2D eigenvalue weighted by Gasteiger charge is -2.05. The van der Waals surface area contributed by atoms with Crippen molar-refractivity contribution in [2.24, 2.45) is 0 Å². The maximum Gasteiger partial charge on any atom is 0.243 e. The highest BCUT2D eigenvalue weighted by molar-refractivity contribution is 9.10. The van der Waals surface area contributed by atoms with Gasteiger partial charge in [-0.3, -0.25) is 4.79 Å². The first-order valence-electron chi connectivity index (χ1n) is 7.15. The van der Waals surface area contributed by atoms with E-state index in [0.717, 1.165) is 10.0 Å². The van der Waals surface area contributed by atoms with Crippen LogP contribution in [0.1, 0.15) is 5.56 Å². The normalized spacial score (nSPS) is 10.6. The molecule has 1 amide bonds. The van der Waals surface area contributed by atoms with Gasteiger partial charge in [-0.15, -0.1) is 10.2 Å². The van der Waals surface area contributed by atoms with E-state index in [0.29, 0.717) is 11.4 Å². The Bertz CT molecular complexity index is 850. The topological polar surface area (TPSA) is 72.7 Å². The summed E-state index contributed by atoms with van der Waals surface area (Å²) >= 11 is 3.36. The summed E-state index contributed by atoms with van der Waals surface area (Å²) in [6, 6.07) is 13.7. The molecule has 122 valence electrons. The molecule has 2 aromatic carbocycles. The Morgan fingerprint density at radius 1 is 1.17 bits per heavy atom. The van der Waals surface area contributed by atoms with Crippen molar-refractivity contribution >= 4 is 21.8 Å². The zero-order chi connectivity index (χ0) is 16.9. The molecule has 0 saturated heterocycles. The van der Waals surface area contributed by atoms with Gasteiger partial charge in [-0.2, -0.15) is 4.80 Å². The number of hydrogen-bond donors (Lipinski definition) is 1. The molecule has 0 aliphatic heterocycles. The van der Waals surface area contributed by atoms with E-state index < -0.39 is 0 Å². The maximum absolute atomic E-state index is 13.5. The lowest BCUT2D eigenvalue weighted by atomic mass is 10.2. The third kappa shape index (κ3) is 4.02. The van der Waals surface area contributed by atoms with Crippen LogP contribution >= 0.6 is 15.9 Å². The molecule has 0 aliphatic rings. The molecule has 0 fully saturated rings. The van der Waals surface area contributed by atoms with Gasteiger partial charge in [0.05, 0.1) is 0 Å². The standard InChI is InChI=1S/C16H13BrFN5O/c17-13-7-5-11(6-8-13)16-20-22-23(21-16)10-15(24)19-9-12-3-1-2-4-14(12)18/h1-8H,9-10H2,(H,19,24). The van der Waals surface area contributed by atoms with Crippen LogP contribution in [0.25, 0.3) is 11.4 Å². The van der Waals surface area contributed by atoms with Gasteiger partial charge in [-0.1, -0.05) is 34.1 Å². The lowest BCUT2D eigenvalue weighted by Crippen LogP contribution is -2.28. The number of hydrogen-bond acceptors (Lipinski definition) is 4. The van der Waals surface area contributed by atoms with E-state index in [1.54, 1.807) is 18.2 Å². The summed E-state index contributed by atoms with van der Waals surface area (Å²) in [5, 5.41) is 14.6. The smallest absolute Gasteiger partial charge is 0.243 e. The Morgan fingerprint density at radius 3 is 2.67 bits per heavy atom. The van der Waals surface area contributed by atoms with Crippen LogP contribution in [0.5, 0.6) is 0 Å². The molecule has 0 spiro atoms. The Balaban J connectivity index is 1.59. The molecule has 6 nitrogen and oxygen atoms in total. The quantitative estimate of drug-likeness (QED) is 0.727. The number of tetrazole rings is 1. The Kier molecular flexibility index (Phi) is 4.95. The van der Waals surface area contributed by atoms with Gasteiger partial charge in [0.25, 0.3) is 0 Å². The number of rotatable bonds is 5. The number of benzene rings is 2. The van der Waals surface area contributed by atoms with E-state index in [4.69, 9.17) is 0 Å². The van der Waals surface area contributed by atoms with Gasteiger partial charge in [0, 0.05) is 22.1 Å². The first-order valence-corrected chi connectivity index (χ1v) is 7.95. The maximum atomic E-state index is 13.5. The van der Waals surface area contributed by atoms with E-state index in [9.17, 15) is 9.18 Å². The van der Waals surface area contributed by atoms with Crippen molar-refractivity contribution in [2.45, 2.75) is 13.1 Å². The third-order valence-corrected chi connectivity index (χ3v) is 3.80. The molecule has 3 rings (SSSR count). The molecular weight excluding hydrogens is 377 g/mol. The molecule has 0 saturated carbocycles. The monoisotopic (exact) mass is 389 g/mol. The van der Waals surface area contributed by atoms with E-state index in [2.05, 4.69) is 36.7 Å². The highest BCUT2D eigenvalue weighted by atomic mass is 79.9. The minimum Gasteiger partial charge on any atom is -0.350 e. The highest BCUT2D eigenvalue weighted by Crippen LogP contribution is 2.17. The Hall–Kier alpha value is -2.61. The lowest BCUT2D eigenvalue weighted by molar-refractivity contribution is -0.122. The molecule has 0 atom stereocenters. The first kappa shape index (κ1) is 16.3. The summed E-state index contributed by atoms with van der Waals surface area (Å²) in [6.45, 7) is 0.0255. The molecule has 0 unspecified atom stereocenters. The van der Waals surface area contributed by atoms with Crippen molar-refractivity contribution in [3.05, 3.63) is 64.4 Å². The van der Waals surface area contributed by atoms with Crippen LogP contribution in [0.4, 0.5) is 4.39 Å². The zero-order valence-electron chi connectivity index (χ0n) is 12.5. The second-order valence-electron chi connectivity index (χ2n) is 5.02. The molecule has 1 N–H and O–H groups in total. The van der Waals surface area contributed by atoms with Crippen molar-refractivity contribution < 1.29 is 9.18 Å². The summed E-state index contributed by atoms with van der Waals surface area (Å²) in [7, 11) is 0. The Morgan fingerprint density at radius 2 is 1.92 bits per heavy atom. The molecule has 24 heavy (non-hydrogen) atoms. The highest BCUT2D eigenvalue weighted by Gasteiger charge is 2.10. The van der Waals surface area contributed by atoms with Crippen LogP contribution in [0.2, 0.25) is 0 Å². The Labute approximate surface area is 145 Å². The number of carbonyl (C=O) groups is 1. The summed E-state index contributed by atoms with van der Waals surface area (Å²) in [5.74, 6) is -0.239. The molecule has 8 heteroatoms. The van der Waals surface area contributed by atoms with Crippen LogP contribution in [0.3, 0.4) is 0 Å². The van der Waals surface area contributed by atoms with E-state index in [1.165, 1.54) is 10.9 Å². The second kappa shape index (κ2) is 7.31. The summed E-state index contributed by atoms with van der Waals surface area (Å²) < 4.78 is 14.4. The number of aromatic nitrogens is 4. The van der Waals surface area contributed by atoms with Crippen LogP contribution in [0.15, 0.2) is 53.0 Å². The van der Waals surface area contributed by atoms with Crippen LogP contribution in [-0.4, -0.2) is 26.1 Å².